The molecule has 1 spiro atoms. The van der Waals surface area contributed by atoms with E-state index >= 15 is 0 Å². The van der Waals surface area contributed by atoms with Crippen LogP contribution in [0.2, 0.25) is 0 Å². The van der Waals surface area contributed by atoms with Gasteiger partial charge in [-0.2, -0.15) is 0 Å². The topological polar surface area (TPSA) is 9.23 Å². The molecule has 0 aromatic rings. The number of hydrogen-bond donors (Lipinski definition) is 0. The zero-order valence-electron chi connectivity index (χ0n) is 8.87. The highest BCUT2D eigenvalue weighted by atomic mass is 16.5. The fourth-order valence-corrected chi connectivity index (χ4v) is 3.02. The van der Waals surface area contributed by atoms with Crippen molar-refractivity contribution in [1.29, 1.82) is 0 Å². The van der Waals surface area contributed by atoms with Crippen molar-refractivity contribution < 1.29 is 4.74 Å². The molecule has 0 unspecified atom stereocenters. The van der Waals surface area contributed by atoms with Gasteiger partial charge in [-0.1, -0.05) is 25.0 Å². The first kappa shape index (κ1) is 9.97. The van der Waals surface area contributed by atoms with Gasteiger partial charge >= 0.3 is 0 Å². The molecule has 14 heavy (non-hydrogen) atoms. The molecule has 1 aliphatic carbocycles. The molecule has 2 atom stereocenters. The number of ether oxygens (including phenoxy) is 1. The van der Waals surface area contributed by atoms with Gasteiger partial charge in [0.2, 0.25) is 0 Å². The van der Waals surface area contributed by atoms with Crippen molar-refractivity contribution in [3.05, 3.63) is 25.3 Å². The van der Waals surface area contributed by atoms with E-state index in [2.05, 4.69) is 19.2 Å². The Kier molecular flexibility index (Phi) is 2.78. The van der Waals surface area contributed by atoms with Crippen LogP contribution in [-0.2, 0) is 4.74 Å². The molecule has 2 fully saturated rings. The molecule has 0 amide bonds. The summed E-state index contributed by atoms with van der Waals surface area (Å²) in [5.74, 6) is 0.571. The van der Waals surface area contributed by atoms with Crippen LogP contribution in [0.15, 0.2) is 25.3 Å². The second-order valence-corrected chi connectivity index (χ2v) is 4.58. The fourth-order valence-electron chi connectivity index (χ4n) is 3.02. The van der Waals surface area contributed by atoms with Crippen LogP contribution in [0.3, 0.4) is 0 Å². The summed E-state index contributed by atoms with van der Waals surface area (Å²) in [5.41, 5.74) is 0.124. The Hall–Kier alpha value is -0.560. The molecule has 0 bridgehead atoms. The lowest BCUT2D eigenvalue weighted by Gasteiger charge is -2.43. The third-order valence-corrected chi connectivity index (χ3v) is 3.82. The molecule has 1 saturated heterocycles. The molecule has 1 saturated carbocycles. The standard InChI is InChI=1S/C13H20O/c1-3-11-7-8-12(4-2)14-13(11)9-5-6-10-13/h3-4,11-12H,1-2,5-10H2/t11-,12+/m1/s1. The second-order valence-electron chi connectivity index (χ2n) is 4.58. The summed E-state index contributed by atoms with van der Waals surface area (Å²) in [6.07, 6.45) is 11.7. The van der Waals surface area contributed by atoms with Gasteiger partial charge < -0.3 is 4.74 Å². The van der Waals surface area contributed by atoms with Gasteiger partial charge in [0, 0.05) is 5.92 Å². The quantitative estimate of drug-likeness (QED) is 0.609. The lowest BCUT2D eigenvalue weighted by molar-refractivity contribution is -0.129. The molecule has 1 heteroatoms. The highest BCUT2D eigenvalue weighted by molar-refractivity contribution is 5.04. The van der Waals surface area contributed by atoms with E-state index in [1.807, 2.05) is 6.08 Å². The molecule has 1 heterocycles. The van der Waals surface area contributed by atoms with Gasteiger partial charge in [-0.3, -0.25) is 0 Å². The maximum atomic E-state index is 6.20. The van der Waals surface area contributed by atoms with Crippen LogP contribution < -0.4 is 0 Å². The van der Waals surface area contributed by atoms with Crippen molar-refractivity contribution in [3.8, 4) is 0 Å². The van der Waals surface area contributed by atoms with E-state index in [9.17, 15) is 0 Å². The molecule has 2 aliphatic rings. The van der Waals surface area contributed by atoms with Gasteiger partial charge in [0.05, 0.1) is 11.7 Å². The van der Waals surface area contributed by atoms with Crippen molar-refractivity contribution in [3.63, 3.8) is 0 Å². The van der Waals surface area contributed by atoms with E-state index in [1.165, 1.54) is 32.1 Å². The van der Waals surface area contributed by atoms with E-state index in [0.717, 1.165) is 6.42 Å². The molecule has 1 nitrogen and oxygen atoms in total. The summed E-state index contributed by atoms with van der Waals surface area (Å²) in [7, 11) is 0. The van der Waals surface area contributed by atoms with Crippen LogP contribution in [-0.4, -0.2) is 11.7 Å². The molecular formula is C13H20O. The summed E-state index contributed by atoms with van der Waals surface area (Å²) in [6.45, 7) is 7.79. The predicted octanol–water partition coefficient (Wildman–Crippen LogP) is 3.47. The molecule has 0 aromatic carbocycles. The lowest BCUT2D eigenvalue weighted by atomic mass is 9.79. The minimum atomic E-state index is 0.124. The Balaban J connectivity index is 2.15. The van der Waals surface area contributed by atoms with E-state index in [-0.39, 0.29) is 11.7 Å². The third kappa shape index (κ3) is 1.54. The van der Waals surface area contributed by atoms with Gasteiger partial charge in [-0.15, -0.1) is 13.2 Å². The molecule has 2 rings (SSSR count). The maximum Gasteiger partial charge on any atom is 0.0761 e. The van der Waals surface area contributed by atoms with Crippen LogP contribution in [0.5, 0.6) is 0 Å². The third-order valence-electron chi connectivity index (χ3n) is 3.82. The summed E-state index contributed by atoms with van der Waals surface area (Å²) in [5, 5.41) is 0. The molecule has 0 aromatic heterocycles. The monoisotopic (exact) mass is 192 g/mol. The smallest absolute Gasteiger partial charge is 0.0761 e. The highest BCUT2D eigenvalue weighted by Gasteiger charge is 2.44. The Morgan fingerprint density at radius 1 is 1.07 bits per heavy atom. The number of rotatable bonds is 2. The Morgan fingerprint density at radius 2 is 1.79 bits per heavy atom. The van der Waals surface area contributed by atoms with E-state index < -0.39 is 0 Å². The number of hydrogen-bond acceptors (Lipinski definition) is 1. The van der Waals surface area contributed by atoms with E-state index in [1.54, 1.807) is 0 Å². The zero-order chi connectivity index (χ0) is 10.0. The summed E-state index contributed by atoms with van der Waals surface area (Å²) < 4.78 is 6.20. The molecule has 78 valence electrons. The summed E-state index contributed by atoms with van der Waals surface area (Å²) in [4.78, 5) is 0. The average Bonchev–Trinajstić information content (AvgIpc) is 2.67. The first-order valence-electron chi connectivity index (χ1n) is 5.74. The Morgan fingerprint density at radius 3 is 2.36 bits per heavy atom. The van der Waals surface area contributed by atoms with Crippen molar-refractivity contribution in [1.82, 2.24) is 0 Å². The average molecular weight is 192 g/mol. The SMILES string of the molecule is C=C[C@@H]1CC[C@H](C=C)OC12CCCC2. The lowest BCUT2D eigenvalue weighted by Crippen LogP contribution is -2.44. The first-order chi connectivity index (χ1) is 6.80. The predicted molar refractivity (Wildman–Crippen MR) is 59.2 cm³/mol. The first-order valence-corrected chi connectivity index (χ1v) is 5.74. The van der Waals surface area contributed by atoms with Crippen LogP contribution in [0.25, 0.3) is 0 Å². The van der Waals surface area contributed by atoms with Crippen molar-refractivity contribution in [2.75, 3.05) is 0 Å². The van der Waals surface area contributed by atoms with Crippen molar-refractivity contribution in [2.24, 2.45) is 5.92 Å². The van der Waals surface area contributed by atoms with Gasteiger partial charge in [-0.25, -0.2) is 0 Å². The Bertz CT molecular complexity index is 225. The van der Waals surface area contributed by atoms with Gasteiger partial charge in [0.1, 0.15) is 0 Å². The van der Waals surface area contributed by atoms with Gasteiger partial charge in [0.15, 0.2) is 0 Å². The Labute approximate surface area is 86.8 Å². The zero-order valence-corrected chi connectivity index (χ0v) is 8.87. The molecule has 1 aliphatic heterocycles. The van der Waals surface area contributed by atoms with Crippen molar-refractivity contribution in [2.45, 2.75) is 50.2 Å². The van der Waals surface area contributed by atoms with Crippen LogP contribution in [0.1, 0.15) is 38.5 Å². The fraction of sp³-hybridized carbons (Fsp3) is 0.692. The summed E-state index contributed by atoms with van der Waals surface area (Å²) >= 11 is 0. The largest absolute Gasteiger partial charge is 0.367 e. The van der Waals surface area contributed by atoms with Crippen LogP contribution >= 0.6 is 0 Å². The summed E-state index contributed by atoms with van der Waals surface area (Å²) in [6, 6.07) is 0. The molecule has 0 N–H and O–H groups in total. The normalized spacial score (nSPS) is 35.7. The van der Waals surface area contributed by atoms with E-state index in [4.69, 9.17) is 4.74 Å². The van der Waals surface area contributed by atoms with E-state index in [0.29, 0.717) is 5.92 Å². The maximum absolute atomic E-state index is 6.20. The molecule has 0 radical (unpaired) electrons. The van der Waals surface area contributed by atoms with Crippen molar-refractivity contribution >= 4 is 0 Å². The van der Waals surface area contributed by atoms with Crippen LogP contribution in [0, 0.1) is 5.92 Å². The van der Waals surface area contributed by atoms with Gasteiger partial charge in [-0.05, 0) is 25.7 Å². The minimum Gasteiger partial charge on any atom is -0.367 e. The van der Waals surface area contributed by atoms with Gasteiger partial charge in [0.25, 0.3) is 0 Å². The van der Waals surface area contributed by atoms with Crippen LogP contribution in [0.4, 0.5) is 0 Å². The highest BCUT2D eigenvalue weighted by Crippen LogP contribution is 2.46. The minimum absolute atomic E-state index is 0.124. The second kappa shape index (κ2) is 3.90. The molecular weight excluding hydrogens is 172 g/mol.